The molecule has 23 heavy (non-hydrogen) atoms. The predicted octanol–water partition coefficient (Wildman–Crippen LogP) is 4.18. The number of hydrogen-bond acceptors (Lipinski definition) is 3. The average molecular weight is 309 g/mol. The Morgan fingerprint density at radius 2 is 1.91 bits per heavy atom. The van der Waals surface area contributed by atoms with E-state index in [9.17, 15) is 4.79 Å². The molecule has 0 spiro atoms. The van der Waals surface area contributed by atoms with Crippen LogP contribution < -0.4 is 10.1 Å². The Balaban J connectivity index is 1.68. The van der Waals surface area contributed by atoms with Gasteiger partial charge in [-0.3, -0.25) is 0 Å². The van der Waals surface area contributed by atoms with Crippen molar-refractivity contribution < 1.29 is 14.6 Å². The summed E-state index contributed by atoms with van der Waals surface area (Å²) in [4.78, 5) is 10.8. The van der Waals surface area contributed by atoms with Gasteiger partial charge in [-0.1, -0.05) is 12.1 Å². The second-order valence-corrected chi connectivity index (χ2v) is 6.15. The number of nitrogens with one attached hydrogen (secondary N) is 1. The van der Waals surface area contributed by atoms with Crippen LogP contribution in [-0.4, -0.2) is 16.7 Å². The van der Waals surface area contributed by atoms with Crippen molar-refractivity contribution in [3.8, 4) is 5.75 Å². The maximum Gasteiger partial charge on any atom is 0.335 e. The summed E-state index contributed by atoms with van der Waals surface area (Å²) in [5.74, 6) is -0.0204. The summed E-state index contributed by atoms with van der Waals surface area (Å²) in [5, 5.41) is 12.2. The first-order valence-corrected chi connectivity index (χ1v) is 7.51. The van der Waals surface area contributed by atoms with E-state index in [2.05, 4.69) is 23.5 Å². The van der Waals surface area contributed by atoms with Gasteiger partial charge in [0.15, 0.2) is 0 Å². The number of carbonyl (C=O) groups is 1. The summed E-state index contributed by atoms with van der Waals surface area (Å²) in [5.41, 5.74) is 3.12. The number of hydrogen-bond donors (Lipinski definition) is 2. The first kappa shape index (κ1) is 15.2. The Bertz CT molecular complexity index is 761. The summed E-state index contributed by atoms with van der Waals surface area (Å²) in [7, 11) is 0. The molecule has 0 aromatic heterocycles. The molecule has 0 bridgehead atoms. The molecule has 4 nitrogen and oxygen atoms in total. The topological polar surface area (TPSA) is 58.6 Å². The average Bonchev–Trinajstić information content (AvgIpc) is 2.52. The minimum atomic E-state index is -0.916. The third kappa shape index (κ3) is 3.54. The van der Waals surface area contributed by atoms with Crippen LogP contribution in [0.2, 0.25) is 0 Å². The molecule has 118 valence electrons. The lowest BCUT2D eigenvalue weighted by Crippen LogP contribution is -2.27. The van der Waals surface area contributed by atoms with Crippen LogP contribution in [0.1, 0.15) is 35.3 Å². The maximum absolute atomic E-state index is 10.8. The van der Waals surface area contributed by atoms with E-state index in [-0.39, 0.29) is 11.2 Å². The van der Waals surface area contributed by atoms with Gasteiger partial charge in [-0.05, 0) is 61.9 Å². The van der Waals surface area contributed by atoms with Crippen LogP contribution in [0.4, 0.5) is 5.69 Å². The Morgan fingerprint density at radius 1 is 1.17 bits per heavy atom. The van der Waals surface area contributed by atoms with Crippen molar-refractivity contribution in [1.82, 2.24) is 0 Å². The van der Waals surface area contributed by atoms with E-state index >= 15 is 0 Å². The normalized spacial score (nSPS) is 14.7. The SMILES string of the molecule is CC1(C)C=Cc2cc(CNc3ccc(C(=O)O)cc3)ccc2O1. The third-order valence-electron chi connectivity index (χ3n) is 3.74. The van der Waals surface area contributed by atoms with Crippen LogP contribution in [0.15, 0.2) is 48.5 Å². The number of benzene rings is 2. The summed E-state index contributed by atoms with van der Waals surface area (Å²) in [6.45, 7) is 4.72. The molecule has 0 amide bonds. The van der Waals surface area contributed by atoms with Crippen LogP contribution in [0, 0.1) is 0 Å². The van der Waals surface area contributed by atoms with E-state index in [1.54, 1.807) is 24.3 Å². The third-order valence-corrected chi connectivity index (χ3v) is 3.74. The van der Waals surface area contributed by atoms with Crippen molar-refractivity contribution >= 4 is 17.7 Å². The Hall–Kier alpha value is -2.75. The van der Waals surface area contributed by atoms with Crippen molar-refractivity contribution in [3.05, 3.63) is 65.2 Å². The molecule has 1 heterocycles. The summed E-state index contributed by atoms with van der Waals surface area (Å²) < 4.78 is 5.91. The number of carboxylic acids is 1. The lowest BCUT2D eigenvalue weighted by molar-refractivity contribution is 0.0697. The fourth-order valence-electron chi connectivity index (χ4n) is 2.47. The number of aromatic carboxylic acids is 1. The monoisotopic (exact) mass is 309 g/mol. The highest BCUT2D eigenvalue weighted by Crippen LogP contribution is 2.31. The smallest absolute Gasteiger partial charge is 0.335 e. The van der Waals surface area contributed by atoms with Crippen molar-refractivity contribution in [2.75, 3.05) is 5.32 Å². The highest BCUT2D eigenvalue weighted by molar-refractivity contribution is 5.88. The first-order valence-electron chi connectivity index (χ1n) is 7.51. The zero-order valence-corrected chi connectivity index (χ0v) is 13.2. The highest BCUT2D eigenvalue weighted by Gasteiger charge is 2.21. The van der Waals surface area contributed by atoms with Crippen molar-refractivity contribution in [1.29, 1.82) is 0 Å². The predicted molar refractivity (Wildman–Crippen MR) is 90.9 cm³/mol. The molecule has 3 rings (SSSR count). The van der Waals surface area contributed by atoms with Crippen LogP contribution in [0.5, 0.6) is 5.75 Å². The van der Waals surface area contributed by atoms with Gasteiger partial charge < -0.3 is 15.2 Å². The quantitative estimate of drug-likeness (QED) is 0.889. The number of anilines is 1. The minimum absolute atomic E-state index is 0.265. The van der Waals surface area contributed by atoms with E-state index in [0.717, 1.165) is 22.6 Å². The molecule has 0 saturated carbocycles. The van der Waals surface area contributed by atoms with Gasteiger partial charge in [-0.2, -0.15) is 0 Å². The standard InChI is InChI=1S/C19H19NO3/c1-19(2)10-9-15-11-13(3-8-17(15)23-19)12-20-16-6-4-14(5-7-16)18(21)22/h3-11,20H,12H2,1-2H3,(H,21,22). The maximum atomic E-state index is 10.8. The lowest BCUT2D eigenvalue weighted by Gasteiger charge is -2.28. The molecule has 1 aliphatic heterocycles. The van der Waals surface area contributed by atoms with E-state index in [1.807, 2.05) is 26.0 Å². The molecule has 0 unspecified atom stereocenters. The molecule has 0 saturated heterocycles. The second-order valence-electron chi connectivity index (χ2n) is 6.15. The molecule has 2 aromatic rings. The van der Waals surface area contributed by atoms with E-state index in [1.165, 1.54) is 0 Å². The molecule has 0 aliphatic carbocycles. The lowest BCUT2D eigenvalue weighted by atomic mass is 10.0. The molecule has 1 aliphatic rings. The number of fused-ring (bicyclic) bond motifs is 1. The van der Waals surface area contributed by atoms with Gasteiger partial charge in [0.05, 0.1) is 5.56 Å². The zero-order valence-electron chi connectivity index (χ0n) is 13.2. The largest absolute Gasteiger partial charge is 0.483 e. The number of ether oxygens (including phenoxy) is 1. The van der Waals surface area contributed by atoms with Crippen molar-refractivity contribution in [3.63, 3.8) is 0 Å². The molecule has 0 atom stereocenters. The molecular weight excluding hydrogens is 290 g/mol. The number of carboxylic acid groups (broad SMARTS) is 1. The van der Waals surface area contributed by atoms with E-state index < -0.39 is 5.97 Å². The van der Waals surface area contributed by atoms with Gasteiger partial charge in [0.1, 0.15) is 11.4 Å². The van der Waals surface area contributed by atoms with Crippen LogP contribution >= 0.6 is 0 Å². The van der Waals surface area contributed by atoms with Crippen LogP contribution in [0.3, 0.4) is 0 Å². The summed E-state index contributed by atoms with van der Waals surface area (Å²) in [6, 6.07) is 12.9. The fourth-order valence-corrected chi connectivity index (χ4v) is 2.47. The second kappa shape index (κ2) is 5.80. The minimum Gasteiger partial charge on any atom is -0.483 e. The molecule has 2 N–H and O–H groups in total. The Labute approximate surface area is 135 Å². The number of rotatable bonds is 4. The Kier molecular flexibility index (Phi) is 3.82. The Morgan fingerprint density at radius 3 is 2.61 bits per heavy atom. The molecule has 4 heteroatoms. The first-order chi connectivity index (χ1) is 10.9. The molecule has 2 aromatic carbocycles. The van der Waals surface area contributed by atoms with Crippen LogP contribution in [0.25, 0.3) is 6.08 Å². The van der Waals surface area contributed by atoms with Gasteiger partial charge >= 0.3 is 5.97 Å². The molecule has 0 fully saturated rings. The molecule has 0 radical (unpaired) electrons. The van der Waals surface area contributed by atoms with Gasteiger partial charge in [-0.25, -0.2) is 4.79 Å². The van der Waals surface area contributed by atoms with Crippen LogP contribution in [-0.2, 0) is 6.54 Å². The van der Waals surface area contributed by atoms with Crippen molar-refractivity contribution in [2.45, 2.75) is 26.0 Å². The van der Waals surface area contributed by atoms with Gasteiger partial charge in [0, 0.05) is 17.8 Å². The molecular formula is C19H19NO3. The van der Waals surface area contributed by atoms with Gasteiger partial charge in [0.2, 0.25) is 0 Å². The van der Waals surface area contributed by atoms with Gasteiger partial charge in [-0.15, -0.1) is 0 Å². The van der Waals surface area contributed by atoms with Gasteiger partial charge in [0.25, 0.3) is 0 Å². The summed E-state index contributed by atoms with van der Waals surface area (Å²) >= 11 is 0. The highest BCUT2D eigenvalue weighted by atomic mass is 16.5. The van der Waals surface area contributed by atoms with E-state index in [4.69, 9.17) is 9.84 Å². The van der Waals surface area contributed by atoms with E-state index in [0.29, 0.717) is 6.54 Å². The summed E-state index contributed by atoms with van der Waals surface area (Å²) in [6.07, 6.45) is 4.14. The van der Waals surface area contributed by atoms with Crippen molar-refractivity contribution in [2.24, 2.45) is 0 Å². The zero-order chi connectivity index (χ0) is 16.4. The fraction of sp³-hybridized carbons (Fsp3) is 0.211.